The van der Waals surface area contributed by atoms with Crippen molar-refractivity contribution in [2.75, 3.05) is 13.1 Å². The van der Waals surface area contributed by atoms with Crippen LogP contribution in [-0.2, 0) is 0 Å². The van der Waals surface area contributed by atoms with Crippen LogP contribution in [0.15, 0.2) is 0 Å². The standard InChI is InChI=1S/C8H15NO.ClH/c10-8-2-1-6-4-9-5-7(6)3-8;/h6-10H,1-5H2;1H/t6?,7-,8?;/m1./s1. The zero-order valence-electron chi connectivity index (χ0n) is 6.62. The van der Waals surface area contributed by atoms with E-state index in [9.17, 15) is 5.11 Å². The Balaban J connectivity index is 0.000000605. The number of nitrogens with one attached hydrogen (secondary N) is 1. The van der Waals surface area contributed by atoms with Crippen LogP contribution >= 0.6 is 12.4 Å². The first-order valence-corrected chi connectivity index (χ1v) is 4.25. The summed E-state index contributed by atoms with van der Waals surface area (Å²) in [6.45, 7) is 2.33. The Bertz CT molecular complexity index is 131. The van der Waals surface area contributed by atoms with Gasteiger partial charge in [-0.1, -0.05) is 0 Å². The third kappa shape index (κ3) is 1.86. The molecule has 2 rings (SSSR count). The lowest BCUT2D eigenvalue weighted by molar-refractivity contribution is 0.0867. The second-order valence-electron chi connectivity index (χ2n) is 3.65. The van der Waals surface area contributed by atoms with Gasteiger partial charge in [0.2, 0.25) is 0 Å². The first kappa shape index (κ1) is 9.30. The predicted molar refractivity (Wildman–Crippen MR) is 47.0 cm³/mol. The van der Waals surface area contributed by atoms with Gasteiger partial charge in [-0.25, -0.2) is 0 Å². The number of aliphatic hydroxyl groups is 1. The molecular formula is C8H16ClNO. The second-order valence-corrected chi connectivity index (χ2v) is 3.65. The van der Waals surface area contributed by atoms with Crippen LogP contribution < -0.4 is 5.32 Å². The van der Waals surface area contributed by atoms with Crippen LogP contribution in [0.3, 0.4) is 0 Å². The van der Waals surface area contributed by atoms with Gasteiger partial charge in [0.05, 0.1) is 6.10 Å². The molecule has 1 aliphatic heterocycles. The van der Waals surface area contributed by atoms with E-state index in [0.717, 1.165) is 31.2 Å². The number of halogens is 1. The molecule has 1 aliphatic carbocycles. The van der Waals surface area contributed by atoms with E-state index in [2.05, 4.69) is 5.32 Å². The van der Waals surface area contributed by atoms with Crippen molar-refractivity contribution >= 4 is 12.4 Å². The van der Waals surface area contributed by atoms with E-state index in [1.54, 1.807) is 0 Å². The van der Waals surface area contributed by atoms with E-state index in [4.69, 9.17) is 0 Å². The Kier molecular flexibility index (Phi) is 3.16. The van der Waals surface area contributed by atoms with E-state index in [-0.39, 0.29) is 18.5 Å². The Morgan fingerprint density at radius 2 is 1.82 bits per heavy atom. The molecule has 0 aromatic carbocycles. The molecule has 1 heterocycles. The lowest BCUT2D eigenvalue weighted by Crippen LogP contribution is -2.26. The molecule has 1 saturated heterocycles. The highest BCUT2D eigenvalue weighted by Gasteiger charge is 2.32. The Morgan fingerprint density at radius 3 is 2.64 bits per heavy atom. The summed E-state index contributed by atoms with van der Waals surface area (Å²) < 4.78 is 0. The minimum absolute atomic E-state index is 0. The molecule has 2 fully saturated rings. The summed E-state index contributed by atoms with van der Waals surface area (Å²) in [5.41, 5.74) is 0. The van der Waals surface area contributed by atoms with Crippen molar-refractivity contribution in [1.29, 1.82) is 0 Å². The van der Waals surface area contributed by atoms with Gasteiger partial charge in [-0.3, -0.25) is 0 Å². The van der Waals surface area contributed by atoms with Gasteiger partial charge in [-0.05, 0) is 44.2 Å². The molecule has 2 unspecified atom stereocenters. The normalized spacial score (nSPS) is 42.8. The number of rotatable bonds is 0. The Hall–Kier alpha value is 0.210. The number of fused-ring (bicyclic) bond motifs is 1. The van der Waals surface area contributed by atoms with E-state index in [1.165, 1.54) is 13.0 Å². The highest BCUT2D eigenvalue weighted by atomic mass is 35.5. The maximum absolute atomic E-state index is 9.33. The average molecular weight is 178 g/mol. The number of aliphatic hydroxyl groups excluding tert-OH is 1. The van der Waals surface area contributed by atoms with Crippen molar-refractivity contribution in [1.82, 2.24) is 5.32 Å². The van der Waals surface area contributed by atoms with Crippen molar-refractivity contribution < 1.29 is 5.11 Å². The van der Waals surface area contributed by atoms with Crippen molar-refractivity contribution in [3.05, 3.63) is 0 Å². The molecule has 1 saturated carbocycles. The first-order chi connectivity index (χ1) is 4.86. The number of hydrogen-bond acceptors (Lipinski definition) is 2. The highest BCUT2D eigenvalue weighted by Crippen LogP contribution is 2.32. The zero-order chi connectivity index (χ0) is 6.97. The van der Waals surface area contributed by atoms with E-state index in [1.807, 2.05) is 0 Å². The van der Waals surface area contributed by atoms with Crippen LogP contribution in [0, 0.1) is 11.8 Å². The molecule has 2 nitrogen and oxygen atoms in total. The molecule has 11 heavy (non-hydrogen) atoms. The van der Waals surface area contributed by atoms with Gasteiger partial charge in [0.1, 0.15) is 0 Å². The van der Waals surface area contributed by atoms with Crippen molar-refractivity contribution in [3.8, 4) is 0 Å². The topological polar surface area (TPSA) is 32.3 Å². The fraction of sp³-hybridized carbons (Fsp3) is 1.00. The van der Waals surface area contributed by atoms with Crippen molar-refractivity contribution in [2.45, 2.75) is 25.4 Å². The minimum Gasteiger partial charge on any atom is -0.393 e. The summed E-state index contributed by atoms with van der Waals surface area (Å²) in [5.74, 6) is 1.66. The lowest BCUT2D eigenvalue weighted by Gasteiger charge is -2.27. The van der Waals surface area contributed by atoms with Gasteiger partial charge in [-0.15, -0.1) is 12.4 Å². The summed E-state index contributed by atoms with van der Waals surface area (Å²) in [4.78, 5) is 0. The lowest BCUT2D eigenvalue weighted by atomic mass is 9.80. The molecule has 2 aliphatic rings. The summed E-state index contributed by atoms with van der Waals surface area (Å²) >= 11 is 0. The van der Waals surface area contributed by atoms with Crippen LogP contribution in [0.5, 0.6) is 0 Å². The predicted octanol–water partition coefficient (Wildman–Crippen LogP) is 0.789. The quantitative estimate of drug-likeness (QED) is 0.574. The smallest absolute Gasteiger partial charge is 0.0543 e. The third-order valence-electron chi connectivity index (χ3n) is 2.93. The van der Waals surface area contributed by atoms with Gasteiger partial charge >= 0.3 is 0 Å². The first-order valence-electron chi connectivity index (χ1n) is 4.25. The van der Waals surface area contributed by atoms with Crippen LogP contribution in [0.25, 0.3) is 0 Å². The van der Waals surface area contributed by atoms with Gasteiger partial charge in [0.15, 0.2) is 0 Å². The Labute approximate surface area is 73.8 Å². The molecule has 2 N–H and O–H groups in total. The fourth-order valence-corrected chi connectivity index (χ4v) is 2.27. The minimum atomic E-state index is 0. The second kappa shape index (κ2) is 3.74. The zero-order valence-corrected chi connectivity index (χ0v) is 7.44. The summed E-state index contributed by atoms with van der Waals surface area (Å²) in [5, 5.41) is 12.7. The highest BCUT2D eigenvalue weighted by molar-refractivity contribution is 5.85. The van der Waals surface area contributed by atoms with Crippen LogP contribution in [0.2, 0.25) is 0 Å². The molecule has 3 heteroatoms. The van der Waals surface area contributed by atoms with E-state index in [0.29, 0.717) is 0 Å². The van der Waals surface area contributed by atoms with Crippen molar-refractivity contribution in [2.24, 2.45) is 11.8 Å². The maximum Gasteiger partial charge on any atom is 0.0543 e. The average Bonchev–Trinajstić information content (AvgIpc) is 2.33. The summed E-state index contributed by atoms with van der Waals surface area (Å²) in [6.07, 6.45) is 3.31. The largest absolute Gasteiger partial charge is 0.393 e. The summed E-state index contributed by atoms with van der Waals surface area (Å²) in [6, 6.07) is 0. The molecule has 0 aromatic rings. The third-order valence-corrected chi connectivity index (χ3v) is 2.93. The van der Waals surface area contributed by atoms with Gasteiger partial charge in [0.25, 0.3) is 0 Å². The maximum atomic E-state index is 9.33. The van der Waals surface area contributed by atoms with E-state index >= 15 is 0 Å². The molecule has 0 radical (unpaired) electrons. The van der Waals surface area contributed by atoms with Crippen LogP contribution in [0.4, 0.5) is 0 Å². The monoisotopic (exact) mass is 177 g/mol. The van der Waals surface area contributed by atoms with Gasteiger partial charge in [0, 0.05) is 0 Å². The molecule has 0 aromatic heterocycles. The number of hydrogen-bond donors (Lipinski definition) is 2. The molecule has 0 amide bonds. The van der Waals surface area contributed by atoms with Gasteiger partial charge < -0.3 is 10.4 Å². The van der Waals surface area contributed by atoms with Gasteiger partial charge in [-0.2, -0.15) is 0 Å². The fourth-order valence-electron chi connectivity index (χ4n) is 2.27. The molecule has 0 spiro atoms. The SMILES string of the molecule is Cl.OC1CCC2CNC[C@H]2C1. The molecule has 3 atom stereocenters. The van der Waals surface area contributed by atoms with Crippen LogP contribution in [0.1, 0.15) is 19.3 Å². The van der Waals surface area contributed by atoms with E-state index < -0.39 is 0 Å². The molecule has 66 valence electrons. The molecular weight excluding hydrogens is 162 g/mol. The van der Waals surface area contributed by atoms with Crippen molar-refractivity contribution in [3.63, 3.8) is 0 Å². The molecule has 0 bridgehead atoms. The van der Waals surface area contributed by atoms with Crippen LogP contribution in [-0.4, -0.2) is 24.3 Å². The Morgan fingerprint density at radius 1 is 1.09 bits per heavy atom. The summed E-state index contributed by atoms with van der Waals surface area (Å²) in [7, 11) is 0.